The van der Waals surface area contributed by atoms with Crippen molar-refractivity contribution in [2.24, 2.45) is 0 Å². The molecular formula is C16H10F6N2O3. The van der Waals surface area contributed by atoms with Gasteiger partial charge in [0.15, 0.2) is 11.5 Å². The number of carbonyl (C=O) groups is 1. The van der Waals surface area contributed by atoms with Crippen molar-refractivity contribution in [1.29, 1.82) is 0 Å². The van der Waals surface area contributed by atoms with Gasteiger partial charge in [0.25, 0.3) is 0 Å². The fourth-order valence-electron chi connectivity index (χ4n) is 2.27. The van der Waals surface area contributed by atoms with E-state index in [0.717, 1.165) is 18.2 Å². The van der Waals surface area contributed by atoms with Crippen molar-refractivity contribution in [3.05, 3.63) is 54.1 Å². The van der Waals surface area contributed by atoms with Gasteiger partial charge in [-0.15, -0.1) is 0 Å². The predicted octanol–water partition coefficient (Wildman–Crippen LogP) is 4.51. The standard InChI is InChI=1S/C16H10F6N2O3/c17-14(18,19)9-4-3-5-10(8-9)23-13(25)24-16(15(20,21)22)26-11-6-1-2-7-12(11)27-16/h1-8H,(H2,23,24,25). The van der Waals surface area contributed by atoms with Crippen LogP contribution in [0.4, 0.5) is 36.8 Å². The molecule has 2 amide bonds. The highest BCUT2D eigenvalue weighted by Crippen LogP contribution is 2.44. The van der Waals surface area contributed by atoms with Gasteiger partial charge >= 0.3 is 24.3 Å². The van der Waals surface area contributed by atoms with E-state index >= 15 is 0 Å². The number of anilines is 1. The Bertz CT molecular complexity index is 841. The van der Waals surface area contributed by atoms with Gasteiger partial charge in [0.2, 0.25) is 0 Å². The van der Waals surface area contributed by atoms with E-state index in [4.69, 9.17) is 9.47 Å². The second-order valence-electron chi connectivity index (χ2n) is 5.42. The first-order valence-electron chi connectivity index (χ1n) is 7.30. The molecule has 1 aliphatic rings. The van der Waals surface area contributed by atoms with Gasteiger partial charge in [-0.2, -0.15) is 26.3 Å². The van der Waals surface area contributed by atoms with Crippen LogP contribution in [-0.4, -0.2) is 18.1 Å². The number of amides is 2. The Morgan fingerprint density at radius 3 is 2.00 bits per heavy atom. The molecule has 0 unspecified atom stereocenters. The highest BCUT2D eigenvalue weighted by molar-refractivity contribution is 5.89. The molecule has 1 aliphatic heterocycles. The fourth-order valence-corrected chi connectivity index (χ4v) is 2.27. The van der Waals surface area contributed by atoms with Crippen molar-refractivity contribution < 1.29 is 40.6 Å². The molecule has 0 aromatic heterocycles. The van der Waals surface area contributed by atoms with Crippen LogP contribution in [-0.2, 0) is 6.18 Å². The Labute approximate surface area is 147 Å². The molecule has 0 spiro atoms. The third-order valence-corrected chi connectivity index (χ3v) is 3.46. The van der Waals surface area contributed by atoms with Gasteiger partial charge in [0, 0.05) is 5.69 Å². The van der Waals surface area contributed by atoms with Crippen LogP contribution in [0, 0.1) is 0 Å². The SMILES string of the molecule is O=C(Nc1cccc(C(F)(F)F)c1)NC1(C(F)(F)F)Oc2ccccc2O1. The summed E-state index contributed by atoms with van der Waals surface area (Å²) in [7, 11) is 0. The van der Waals surface area contributed by atoms with E-state index in [1.165, 1.54) is 29.6 Å². The molecule has 0 aliphatic carbocycles. The molecule has 3 rings (SSSR count). The Hall–Kier alpha value is -3.11. The van der Waals surface area contributed by atoms with Crippen LogP contribution in [0.25, 0.3) is 0 Å². The number of para-hydroxylation sites is 2. The number of rotatable bonds is 2. The molecule has 0 bridgehead atoms. The van der Waals surface area contributed by atoms with Gasteiger partial charge < -0.3 is 14.8 Å². The zero-order valence-electron chi connectivity index (χ0n) is 13.1. The summed E-state index contributed by atoms with van der Waals surface area (Å²) in [5, 5.41) is 3.38. The van der Waals surface area contributed by atoms with Crippen molar-refractivity contribution in [1.82, 2.24) is 5.32 Å². The molecule has 2 aromatic rings. The lowest BCUT2D eigenvalue weighted by Gasteiger charge is -2.29. The highest BCUT2D eigenvalue weighted by atomic mass is 19.4. The monoisotopic (exact) mass is 392 g/mol. The van der Waals surface area contributed by atoms with E-state index in [1.807, 2.05) is 5.32 Å². The van der Waals surface area contributed by atoms with Gasteiger partial charge in [-0.3, -0.25) is 5.32 Å². The third-order valence-electron chi connectivity index (χ3n) is 3.46. The van der Waals surface area contributed by atoms with Crippen molar-refractivity contribution in [2.45, 2.75) is 18.3 Å². The van der Waals surface area contributed by atoms with Crippen molar-refractivity contribution in [3.63, 3.8) is 0 Å². The molecule has 0 saturated carbocycles. The number of benzene rings is 2. The first-order chi connectivity index (χ1) is 12.5. The lowest BCUT2D eigenvalue weighted by atomic mass is 10.2. The summed E-state index contributed by atoms with van der Waals surface area (Å²) in [6, 6.07) is 7.14. The molecule has 1 heterocycles. The number of halogens is 6. The number of ether oxygens (including phenoxy) is 2. The number of alkyl halides is 6. The molecule has 0 fully saturated rings. The number of hydrogen-bond donors (Lipinski definition) is 2. The van der Waals surface area contributed by atoms with E-state index < -0.39 is 29.9 Å². The lowest BCUT2D eigenvalue weighted by molar-refractivity contribution is -0.317. The number of carbonyl (C=O) groups excluding carboxylic acids is 1. The van der Waals surface area contributed by atoms with Crippen LogP contribution < -0.4 is 20.1 Å². The lowest BCUT2D eigenvalue weighted by Crippen LogP contribution is -2.65. The summed E-state index contributed by atoms with van der Waals surface area (Å²) >= 11 is 0. The minimum absolute atomic E-state index is 0.255. The molecule has 0 radical (unpaired) electrons. The Balaban J connectivity index is 1.80. The normalized spacial score (nSPS) is 15.3. The largest absolute Gasteiger partial charge is 0.492 e. The maximum absolute atomic E-state index is 13.5. The average molecular weight is 392 g/mol. The quantitative estimate of drug-likeness (QED) is 0.740. The average Bonchev–Trinajstić information content (AvgIpc) is 2.93. The zero-order chi connectivity index (χ0) is 19.9. The molecule has 144 valence electrons. The molecule has 0 saturated heterocycles. The van der Waals surface area contributed by atoms with E-state index in [0.29, 0.717) is 6.07 Å². The fraction of sp³-hybridized carbons (Fsp3) is 0.188. The van der Waals surface area contributed by atoms with Crippen molar-refractivity contribution in [3.8, 4) is 11.5 Å². The van der Waals surface area contributed by atoms with Gasteiger partial charge in [0.1, 0.15) is 0 Å². The number of urea groups is 1. The third kappa shape index (κ3) is 3.71. The Kier molecular flexibility index (Phi) is 4.32. The second kappa shape index (κ2) is 6.25. The molecule has 2 N–H and O–H groups in total. The second-order valence-corrected chi connectivity index (χ2v) is 5.42. The van der Waals surface area contributed by atoms with Crippen LogP contribution in [0.5, 0.6) is 11.5 Å². The number of nitrogens with one attached hydrogen (secondary N) is 2. The maximum Gasteiger partial charge on any atom is 0.492 e. The maximum atomic E-state index is 13.5. The summed E-state index contributed by atoms with van der Waals surface area (Å²) in [6.07, 6.45) is -9.86. The smallest absolute Gasteiger partial charge is 0.424 e. The van der Waals surface area contributed by atoms with Crippen molar-refractivity contribution >= 4 is 11.7 Å². The number of hydrogen-bond acceptors (Lipinski definition) is 3. The molecule has 0 atom stereocenters. The van der Waals surface area contributed by atoms with Crippen molar-refractivity contribution in [2.75, 3.05) is 5.32 Å². The van der Waals surface area contributed by atoms with E-state index in [2.05, 4.69) is 0 Å². The van der Waals surface area contributed by atoms with E-state index in [-0.39, 0.29) is 17.2 Å². The van der Waals surface area contributed by atoms with Crippen LogP contribution in [0.1, 0.15) is 5.56 Å². The van der Waals surface area contributed by atoms with E-state index in [9.17, 15) is 31.1 Å². The molecular weight excluding hydrogens is 382 g/mol. The minimum Gasteiger partial charge on any atom is -0.424 e. The summed E-state index contributed by atoms with van der Waals surface area (Å²) in [4.78, 5) is 12.0. The van der Waals surface area contributed by atoms with E-state index in [1.54, 1.807) is 0 Å². The Morgan fingerprint density at radius 2 is 1.48 bits per heavy atom. The van der Waals surface area contributed by atoms with Crippen LogP contribution in [0.3, 0.4) is 0 Å². The summed E-state index contributed by atoms with van der Waals surface area (Å²) < 4.78 is 87.9. The zero-order valence-corrected chi connectivity index (χ0v) is 13.1. The van der Waals surface area contributed by atoms with Crippen LogP contribution in [0.15, 0.2) is 48.5 Å². The summed E-state index contributed by atoms with van der Waals surface area (Å²) in [5.41, 5.74) is -1.44. The van der Waals surface area contributed by atoms with Gasteiger partial charge in [-0.05, 0) is 30.3 Å². The number of fused-ring (bicyclic) bond motifs is 1. The first kappa shape index (κ1) is 18.7. The molecule has 5 nitrogen and oxygen atoms in total. The predicted molar refractivity (Wildman–Crippen MR) is 80.1 cm³/mol. The van der Waals surface area contributed by atoms with Crippen LogP contribution in [0.2, 0.25) is 0 Å². The topological polar surface area (TPSA) is 59.6 Å². The summed E-state index contributed by atoms with van der Waals surface area (Å²) in [5.74, 6) is -4.02. The molecule has 27 heavy (non-hydrogen) atoms. The summed E-state index contributed by atoms with van der Waals surface area (Å²) in [6.45, 7) is 0. The van der Waals surface area contributed by atoms with Gasteiger partial charge in [0.05, 0.1) is 5.56 Å². The van der Waals surface area contributed by atoms with Crippen LogP contribution >= 0.6 is 0 Å². The first-order valence-corrected chi connectivity index (χ1v) is 7.30. The van der Waals surface area contributed by atoms with Gasteiger partial charge in [-0.1, -0.05) is 18.2 Å². The molecule has 11 heteroatoms. The van der Waals surface area contributed by atoms with Gasteiger partial charge in [-0.25, -0.2) is 4.79 Å². The highest BCUT2D eigenvalue weighted by Gasteiger charge is 2.65. The Morgan fingerprint density at radius 1 is 0.889 bits per heavy atom. The molecule has 2 aromatic carbocycles. The minimum atomic E-state index is -5.18.